The molecule has 6 nitrogen and oxygen atoms in total. The third kappa shape index (κ3) is 9.21. The van der Waals surface area contributed by atoms with Crippen molar-refractivity contribution in [1.82, 2.24) is 15.1 Å². The molecule has 0 aromatic heterocycles. The predicted molar refractivity (Wildman–Crippen MR) is 114 cm³/mol. The van der Waals surface area contributed by atoms with Crippen LogP contribution in [-0.4, -0.2) is 68.5 Å². The summed E-state index contributed by atoms with van der Waals surface area (Å²) in [5.41, 5.74) is 0. The SMILES string of the molecule is CCC(C)NC(=NCC(=O)N(C)C)N(C)CCOc1ccc(F)cc1.I. The molecule has 0 saturated heterocycles. The number of hydrogen-bond donors (Lipinski definition) is 1. The van der Waals surface area contributed by atoms with Crippen molar-refractivity contribution >= 4 is 35.8 Å². The molecule has 0 aliphatic rings. The van der Waals surface area contributed by atoms with E-state index < -0.39 is 0 Å². The van der Waals surface area contributed by atoms with E-state index in [1.54, 1.807) is 26.2 Å². The van der Waals surface area contributed by atoms with Crippen molar-refractivity contribution < 1.29 is 13.9 Å². The van der Waals surface area contributed by atoms with E-state index in [4.69, 9.17) is 4.74 Å². The molecule has 0 radical (unpaired) electrons. The number of rotatable bonds is 8. The lowest BCUT2D eigenvalue weighted by Gasteiger charge is -2.25. The van der Waals surface area contributed by atoms with Gasteiger partial charge in [-0.3, -0.25) is 4.79 Å². The van der Waals surface area contributed by atoms with Crippen LogP contribution < -0.4 is 10.1 Å². The minimum Gasteiger partial charge on any atom is -0.492 e. The molecule has 0 saturated carbocycles. The fourth-order valence-corrected chi connectivity index (χ4v) is 1.82. The molecule has 8 heteroatoms. The first kappa shape index (κ1) is 24.4. The number of amides is 1. The zero-order chi connectivity index (χ0) is 18.8. The fourth-order valence-electron chi connectivity index (χ4n) is 1.82. The molecule has 0 aliphatic carbocycles. The van der Waals surface area contributed by atoms with Crippen molar-refractivity contribution in [3.05, 3.63) is 30.1 Å². The van der Waals surface area contributed by atoms with Crippen molar-refractivity contribution in [3.8, 4) is 5.75 Å². The largest absolute Gasteiger partial charge is 0.492 e. The highest BCUT2D eigenvalue weighted by Gasteiger charge is 2.11. The van der Waals surface area contributed by atoms with Crippen molar-refractivity contribution in [2.45, 2.75) is 26.3 Å². The van der Waals surface area contributed by atoms with Gasteiger partial charge in [0.2, 0.25) is 5.91 Å². The maximum Gasteiger partial charge on any atom is 0.243 e. The van der Waals surface area contributed by atoms with Gasteiger partial charge in [-0.1, -0.05) is 6.92 Å². The third-order valence-corrected chi connectivity index (χ3v) is 3.72. The topological polar surface area (TPSA) is 57.2 Å². The molecule has 0 aliphatic heterocycles. The molecule has 0 fully saturated rings. The lowest BCUT2D eigenvalue weighted by atomic mass is 10.3. The molecule has 0 bridgehead atoms. The Morgan fingerprint density at radius 2 is 1.88 bits per heavy atom. The molecule has 1 unspecified atom stereocenters. The van der Waals surface area contributed by atoms with Crippen LogP contribution in [0.15, 0.2) is 29.3 Å². The number of guanidine groups is 1. The van der Waals surface area contributed by atoms with Gasteiger partial charge in [0.15, 0.2) is 5.96 Å². The molecule has 148 valence electrons. The third-order valence-electron chi connectivity index (χ3n) is 3.72. The Morgan fingerprint density at radius 1 is 1.27 bits per heavy atom. The van der Waals surface area contributed by atoms with Gasteiger partial charge in [0.05, 0.1) is 6.54 Å². The van der Waals surface area contributed by atoms with Crippen LogP contribution in [0.25, 0.3) is 0 Å². The van der Waals surface area contributed by atoms with Gasteiger partial charge in [-0.25, -0.2) is 9.38 Å². The van der Waals surface area contributed by atoms with E-state index in [1.165, 1.54) is 17.0 Å². The van der Waals surface area contributed by atoms with E-state index in [1.807, 2.05) is 11.9 Å². The van der Waals surface area contributed by atoms with Gasteiger partial charge in [0, 0.05) is 27.2 Å². The number of nitrogens with zero attached hydrogens (tertiary/aromatic N) is 3. The lowest BCUT2D eigenvalue weighted by Crippen LogP contribution is -2.45. The molecule has 1 atom stereocenters. The van der Waals surface area contributed by atoms with Gasteiger partial charge in [-0.2, -0.15) is 0 Å². The standard InChI is InChI=1S/C18H29FN4O2.HI/c1-6-14(2)21-18(20-13-17(24)22(3)4)23(5)11-12-25-16-9-7-15(19)8-10-16;/h7-10,14H,6,11-13H2,1-5H3,(H,20,21);1H. The maximum absolute atomic E-state index is 12.9. The van der Waals surface area contributed by atoms with E-state index in [-0.39, 0.29) is 48.3 Å². The van der Waals surface area contributed by atoms with Gasteiger partial charge in [-0.05, 0) is 37.6 Å². The second-order valence-electron chi connectivity index (χ2n) is 6.11. The van der Waals surface area contributed by atoms with Gasteiger partial charge in [-0.15, -0.1) is 24.0 Å². The summed E-state index contributed by atoms with van der Waals surface area (Å²) in [6.07, 6.45) is 0.945. The predicted octanol–water partition coefficient (Wildman–Crippen LogP) is 2.59. The van der Waals surface area contributed by atoms with Gasteiger partial charge >= 0.3 is 0 Å². The zero-order valence-corrected chi connectivity index (χ0v) is 18.5. The molecular formula is C18H30FIN4O2. The van der Waals surface area contributed by atoms with Crippen LogP contribution in [0.5, 0.6) is 5.75 Å². The van der Waals surface area contributed by atoms with Crippen LogP contribution in [0.4, 0.5) is 4.39 Å². The molecule has 1 N–H and O–H groups in total. The van der Waals surface area contributed by atoms with Crippen LogP contribution in [-0.2, 0) is 4.79 Å². The Balaban J connectivity index is 0.00000625. The Hall–Kier alpha value is -1.58. The van der Waals surface area contributed by atoms with Crippen LogP contribution in [0.3, 0.4) is 0 Å². The maximum atomic E-state index is 12.9. The van der Waals surface area contributed by atoms with Gasteiger partial charge in [0.25, 0.3) is 0 Å². The molecule has 26 heavy (non-hydrogen) atoms. The van der Waals surface area contributed by atoms with Gasteiger partial charge in [0.1, 0.15) is 24.7 Å². The van der Waals surface area contributed by atoms with Gasteiger partial charge < -0.3 is 19.9 Å². The number of benzene rings is 1. The summed E-state index contributed by atoms with van der Waals surface area (Å²) in [5, 5.41) is 3.32. The Morgan fingerprint density at radius 3 is 2.42 bits per heavy atom. The Labute approximate surface area is 172 Å². The molecule has 0 spiro atoms. The zero-order valence-electron chi connectivity index (χ0n) is 16.2. The lowest BCUT2D eigenvalue weighted by molar-refractivity contribution is -0.127. The Kier molecular flexibility index (Phi) is 11.9. The van der Waals surface area contributed by atoms with E-state index >= 15 is 0 Å². The molecule has 1 amide bonds. The molecule has 0 heterocycles. The summed E-state index contributed by atoms with van der Waals surface area (Å²) < 4.78 is 18.5. The number of ether oxygens (including phenoxy) is 1. The minimum absolute atomic E-state index is 0. The average molecular weight is 480 g/mol. The summed E-state index contributed by atoms with van der Waals surface area (Å²) in [6.45, 7) is 5.24. The van der Waals surface area contributed by atoms with E-state index in [9.17, 15) is 9.18 Å². The van der Waals surface area contributed by atoms with Crippen molar-refractivity contribution in [2.75, 3.05) is 40.8 Å². The normalized spacial score (nSPS) is 12.0. The second-order valence-corrected chi connectivity index (χ2v) is 6.11. The highest BCUT2D eigenvalue weighted by molar-refractivity contribution is 14.0. The number of likely N-dealkylation sites (N-methyl/N-ethyl adjacent to an activating group) is 2. The van der Waals surface area contributed by atoms with Crippen LogP contribution >= 0.6 is 24.0 Å². The Bertz CT molecular complexity index is 567. The smallest absolute Gasteiger partial charge is 0.243 e. The van der Waals surface area contributed by atoms with E-state index in [0.717, 1.165) is 6.42 Å². The average Bonchev–Trinajstić information content (AvgIpc) is 2.59. The number of nitrogens with one attached hydrogen (secondary N) is 1. The number of carbonyl (C=O) groups excluding carboxylic acids is 1. The van der Waals surface area contributed by atoms with Crippen molar-refractivity contribution in [2.24, 2.45) is 4.99 Å². The first-order valence-corrected chi connectivity index (χ1v) is 8.44. The molecular weight excluding hydrogens is 450 g/mol. The molecule has 1 aromatic rings. The highest BCUT2D eigenvalue weighted by atomic mass is 127. The summed E-state index contributed by atoms with van der Waals surface area (Å²) in [5.74, 6) is 0.930. The summed E-state index contributed by atoms with van der Waals surface area (Å²) in [7, 11) is 5.31. The monoisotopic (exact) mass is 480 g/mol. The number of carbonyl (C=O) groups is 1. The fraction of sp³-hybridized carbons (Fsp3) is 0.556. The number of halogens is 2. The number of hydrogen-bond acceptors (Lipinski definition) is 3. The highest BCUT2D eigenvalue weighted by Crippen LogP contribution is 2.10. The number of aliphatic imine (C=N–C) groups is 1. The van der Waals surface area contributed by atoms with E-state index in [0.29, 0.717) is 24.9 Å². The molecule has 1 aromatic carbocycles. The summed E-state index contributed by atoms with van der Waals surface area (Å²) >= 11 is 0. The first-order valence-electron chi connectivity index (χ1n) is 8.44. The van der Waals surface area contributed by atoms with Crippen molar-refractivity contribution in [3.63, 3.8) is 0 Å². The van der Waals surface area contributed by atoms with Crippen LogP contribution in [0.2, 0.25) is 0 Å². The van der Waals surface area contributed by atoms with Crippen LogP contribution in [0, 0.1) is 5.82 Å². The minimum atomic E-state index is -0.290. The molecule has 1 rings (SSSR count). The summed E-state index contributed by atoms with van der Waals surface area (Å²) in [4.78, 5) is 19.6. The second kappa shape index (κ2) is 12.7. The first-order chi connectivity index (χ1) is 11.8. The van der Waals surface area contributed by atoms with E-state index in [2.05, 4.69) is 24.2 Å². The van der Waals surface area contributed by atoms with Crippen LogP contribution in [0.1, 0.15) is 20.3 Å². The summed E-state index contributed by atoms with van der Waals surface area (Å²) in [6, 6.07) is 6.16. The quantitative estimate of drug-likeness (QED) is 0.353. The van der Waals surface area contributed by atoms with Crippen molar-refractivity contribution in [1.29, 1.82) is 0 Å².